The monoisotopic (exact) mass is 486 g/mol. The van der Waals surface area contributed by atoms with Crippen LogP contribution in [0.2, 0.25) is 0 Å². The lowest BCUT2D eigenvalue weighted by Gasteiger charge is -2.13. The first-order valence-electron chi connectivity index (χ1n) is 10.5. The molecule has 0 bridgehead atoms. The van der Waals surface area contributed by atoms with Crippen LogP contribution in [0.25, 0.3) is 6.08 Å². The number of ether oxygens (including phenoxy) is 4. The van der Waals surface area contributed by atoms with Crippen LogP contribution in [0.5, 0.6) is 23.0 Å². The number of thioether (sulfide) groups is 1. The molecule has 1 aliphatic rings. The number of nitrogens with zero attached hydrogens (tertiary/aromatic N) is 1. The van der Waals surface area contributed by atoms with Crippen molar-refractivity contribution in [1.82, 2.24) is 10.2 Å². The maximum atomic E-state index is 12.8. The van der Waals surface area contributed by atoms with E-state index in [9.17, 15) is 14.4 Å². The Balaban J connectivity index is 1.64. The number of nitrogens with one attached hydrogen (secondary N) is 1. The third-order valence-corrected chi connectivity index (χ3v) is 5.80. The number of imide groups is 1. The number of amides is 3. The van der Waals surface area contributed by atoms with Crippen LogP contribution in [-0.4, -0.2) is 63.0 Å². The molecule has 2 aromatic carbocycles. The summed E-state index contributed by atoms with van der Waals surface area (Å²) in [6.07, 6.45) is 1.63. The van der Waals surface area contributed by atoms with Gasteiger partial charge in [-0.05, 0) is 54.6 Å². The summed E-state index contributed by atoms with van der Waals surface area (Å²) in [6.45, 7) is 2.51. The Morgan fingerprint density at radius 3 is 2.32 bits per heavy atom. The van der Waals surface area contributed by atoms with Gasteiger partial charge in [-0.15, -0.1) is 0 Å². The first-order valence-corrected chi connectivity index (χ1v) is 11.3. The minimum atomic E-state index is -0.417. The molecule has 0 radical (unpaired) electrons. The molecule has 0 aliphatic carbocycles. The summed E-state index contributed by atoms with van der Waals surface area (Å²) in [4.78, 5) is 39.1. The average Bonchev–Trinajstić information content (AvgIpc) is 3.11. The van der Waals surface area contributed by atoms with Gasteiger partial charge in [0.15, 0.2) is 11.5 Å². The molecule has 0 atom stereocenters. The smallest absolute Gasteiger partial charge is 0.293 e. The van der Waals surface area contributed by atoms with E-state index >= 15 is 0 Å². The first-order chi connectivity index (χ1) is 16.4. The van der Waals surface area contributed by atoms with E-state index in [1.165, 1.54) is 21.3 Å². The molecule has 0 aromatic heterocycles. The molecule has 0 unspecified atom stereocenters. The van der Waals surface area contributed by atoms with Gasteiger partial charge in [-0.25, -0.2) is 0 Å². The third-order valence-electron chi connectivity index (χ3n) is 4.89. The molecule has 34 heavy (non-hydrogen) atoms. The number of carbonyl (C=O) groups is 3. The number of methoxy groups -OCH3 is 3. The van der Waals surface area contributed by atoms with E-state index in [4.69, 9.17) is 18.9 Å². The normalized spacial score (nSPS) is 14.4. The topological polar surface area (TPSA) is 103 Å². The van der Waals surface area contributed by atoms with Gasteiger partial charge in [-0.3, -0.25) is 19.3 Å². The number of carbonyl (C=O) groups excluding carboxylic acids is 3. The average molecular weight is 487 g/mol. The van der Waals surface area contributed by atoms with Crippen molar-refractivity contribution in [1.29, 1.82) is 0 Å². The highest BCUT2D eigenvalue weighted by Gasteiger charge is 2.34. The minimum Gasteiger partial charge on any atom is -0.497 e. The Hall–Kier alpha value is -3.66. The summed E-state index contributed by atoms with van der Waals surface area (Å²) >= 11 is 0.850. The molecule has 1 fully saturated rings. The molecule has 180 valence electrons. The van der Waals surface area contributed by atoms with Gasteiger partial charge >= 0.3 is 0 Å². The molecule has 9 nitrogen and oxygen atoms in total. The van der Waals surface area contributed by atoms with E-state index in [0.717, 1.165) is 16.7 Å². The first kappa shape index (κ1) is 25.0. The molecule has 2 aromatic rings. The zero-order chi connectivity index (χ0) is 24.7. The highest BCUT2D eigenvalue weighted by Crippen LogP contribution is 2.34. The van der Waals surface area contributed by atoms with Crippen LogP contribution >= 0.6 is 11.8 Å². The highest BCUT2D eigenvalue weighted by molar-refractivity contribution is 8.18. The van der Waals surface area contributed by atoms with Crippen molar-refractivity contribution in [2.24, 2.45) is 0 Å². The van der Waals surface area contributed by atoms with Crippen molar-refractivity contribution in [3.05, 3.63) is 52.4 Å². The van der Waals surface area contributed by atoms with Crippen LogP contribution < -0.4 is 24.3 Å². The molecular weight excluding hydrogens is 460 g/mol. The van der Waals surface area contributed by atoms with Gasteiger partial charge in [0.1, 0.15) is 11.5 Å². The maximum absolute atomic E-state index is 12.8. The van der Waals surface area contributed by atoms with Crippen molar-refractivity contribution < 1.29 is 33.3 Å². The summed E-state index contributed by atoms with van der Waals surface area (Å²) in [5.74, 6) is 1.30. The number of hydrogen-bond donors (Lipinski definition) is 1. The maximum Gasteiger partial charge on any atom is 0.293 e. The lowest BCUT2D eigenvalue weighted by molar-refractivity contribution is -0.122. The molecule has 3 rings (SSSR count). The van der Waals surface area contributed by atoms with Crippen molar-refractivity contribution in [3.63, 3.8) is 0 Å². The number of rotatable bonds is 10. The summed E-state index contributed by atoms with van der Waals surface area (Å²) in [5.41, 5.74) is 1.04. The Labute approximate surface area is 202 Å². The lowest BCUT2D eigenvalue weighted by Crippen LogP contribution is -2.37. The van der Waals surface area contributed by atoms with E-state index in [-0.39, 0.29) is 19.0 Å². The highest BCUT2D eigenvalue weighted by atomic mass is 32.2. The van der Waals surface area contributed by atoms with Gasteiger partial charge in [0.05, 0.1) is 32.8 Å². The summed E-state index contributed by atoms with van der Waals surface area (Å²) in [6, 6.07) is 10.1. The fourth-order valence-corrected chi connectivity index (χ4v) is 4.08. The van der Waals surface area contributed by atoms with Gasteiger partial charge in [-0.1, -0.05) is 6.07 Å². The summed E-state index contributed by atoms with van der Waals surface area (Å²) < 4.78 is 21.2. The van der Waals surface area contributed by atoms with Crippen LogP contribution in [0.1, 0.15) is 22.8 Å². The summed E-state index contributed by atoms with van der Waals surface area (Å²) in [7, 11) is 4.52. The van der Waals surface area contributed by atoms with E-state index in [2.05, 4.69) is 5.32 Å². The van der Waals surface area contributed by atoms with Crippen molar-refractivity contribution in [2.45, 2.75) is 6.92 Å². The SMILES string of the molecule is CCOc1ccc(/C=C2\SC(=O)N(CCNC(=O)c3cc(OC)cc(OC)c3)C2=O)cc1OC. The Morgan fingerprint density at radius 1 is 1.00 bits per heavy atom. The second-order valence-corrected chi connectivity index (χ2v) is 8.03. The number of hydrogen-bond acceptors (Lipinski definition) is 8. The largest absolute Gasteiger partial charge is 0.497 e. The summed E-state index contributed by atoms with van der Waals surface area (Å²) in [5, 5.41) is 2.32. The van der Waals surface area contributed by atoms with E-state index in [0.29, 0.717) is 45.6 Å². The van der Waals surface area contributed by atoms with Crippen molar-refractivity contribution in [2.75, 3.05) is 41.0 Å². The van der Waals surface area contributed by atoms with Crippen LogP contribution in [-0.2, 0) is 4.79 Å². The standard InChI is InChI=1S/C24H26N2O7S/c1-5-33-19-7-6-15(10-20(19)32-4)11-21-23(28)26(24(29)34-21)9-8-25-22(27)16-12-17(30-2)14-18(13-16)31-3/h6-7,10-14H,5,8-9H2,1-4H3,(H,25,27)/b21-11-. The van der Waals surface area contributed by atoms with Crippen molar-refractivity contribution in [3.8, 4) is 23.0 Å². The quantitative estimate of drug-likeness (QED) is 0.509. The molecule has 1 N–H and O–H groups in total. The van der Waals surface area contributed by atoms with Gasteiger partial charge in [0, 0.05) is 24.7 Å². The fraction of sp³-hybridized carbons (Fsp3) is 0.292. The van der Waals surface area contributed by atoms with Gasteiger partial charge in [0.25, 0.3) is 17.1 Å². The van der Waals surface area contributed by atoms with Crippen LogP contribution in [0, 0.1) is 0 Å². The second-order valence-electron chi connectivity index (χ2n) is 7.03. The predicted octanol–water partition coefficient (Wildman–Crippen LogP) is 3.58. The zero-order valence-corrected chi connectivity index (χ0v) is 20.2. The van der Waals surface area contributed by atoms with E-state index in [1.54, 1.807) is 42.5 Å². The zero-order valence-electron chi connectivity index (χ0n) is 19.4. The van der Waals surface area contributed by atoms with Crippen molar-refractivity contribution >= 4 is 34.9 Å². The molecule has 1 saturated heterocycles. The molecule has 1 aliphatic heterocycles. The van der Waals surface area contributed by atoms with Crippen LogP contribution in [0.4, 0.5) is 4.79 Å². The molecule has 1 heterocycles. The van der Waals surface area contributed by atoms with Crippen LogP contribution in [0.15, 0.2) is 41.3 Å². The second kappa shape index (κ2) is 11.5. The predicted molar refractivity (Wildman–Crippen MR) is 129 cm³/mol. The van der Waals surface area contributed by atoms with Crippen LogP contribution in [0.3, 0.4) is 0 Å². The molecular formula is C24H26N2O7S. The Kier molecular flexibility index (Phi) is 8.42. The Morgan fingerprint density at radius 2 is 1.71 bits per heavy atom. The molecule has 0 saturated carbocycles. The molecule has 10 heteroatoms. The van der Waals surface area contributed by atoms with E-state index < -0.39 is 11.1 Å². The third kappa shape index (κ3) is 5.82. The van der Waals surface area contributed by atoms with Gasteiger partial charge < -0.3 is 24.3 Å². The fourth-order valence-electron chi connectivity index (χ4n) is 3.21. The molecule has 3 amide bonds. The molecule has 0 spiro atoms. The van der Waals surface area contributed by atoms with Gasteiger partial charge in [0.2, 0.25) is 0 Å². The van der Waals surface area contributed by atoms with E-state index in [1.807, 2.05) is 6.92 Å². The number of benzene rings is 2. The Bertz CT molecular complexity index is 1090. The van der Waals surface area contributed by atoms with Gasteiger partial charge in [-0.2, -0.15) is 0 Å². The lowest BCUT2D eigenvalue weighted by atomic mass is 10.2. The minimum absolute atomic E-state index is 0.0431.